The second-order valence-electron chi connectivity index (χ2n) is 8.66. The van der Waals surface area contributed by atoms with E-state index in [0.717, 1.165) is 21.7 Å². The number of H-pyrrole nitrogens is 1. The van der Waals surface area contributed by atoms with E-state index in [1.165, 1.54) is 18.7 Å². The van der Waals surface area contributed by atoms with Gasteiger partial charge in [-0.25, -0.2) is 9.88 Å². The number of aliphatic hydroxyl groups excluding tert-OH is 1. The monoisotopic (exact) mass is 568 g/mol. The molecule has 1 saturated heterocycles. The van der Waals surface area contributed by atoms with Gasteiger partial charge in [-0.1, -0.05) is 23.3 Å². The first-order valence-electron chi connectivity index (χ1n) is 11.6. The number of rotatable bonds is 12. The number of thioether (sulfide) groups is 1. The van der Waals surface area contributed by atoms with Crippen LogP contribution in [0.15, 0.2) is 62.2 Å². The van der Waals surface area contributed by atoms with Crippen LogP contribution in [0.1, 0.15) is 27.0 Å². The lowest BCUT2D eigenvalue weighted by atomic mass is 10.1. The van der Waals surface area contributed by atoms with Crippen molar-refractivity contribution < 1.29 is 28.5 Å². The molecule has 1 aromatic heterocycles. The molecule has 1 aliphatic rings. The van der Waals surface area contributed by atoms with Crippen LogP contribution in [0.2, 0.25) is 0 Å². The number of nitrogens with zero attached hydrogens (tertiary/aromatic N) is 4. The van der Waals surface area contributed by atoms with Crippen molar-refractivity contribution in [1.82, 2.24) is 14.6 Å². The van der Waals surface area contributed by atoms with Gasteiger partial charge in [0, 0.05) is 22.1 Å². The zero-order chi connectivity index (χ0) is 27.9. The van der Waals surface area contributed by atoms with Gasteiger partial charge in [0.15, 0.2) is 0 Å². The fourth-order valence-corrected chi connectivity index (χ4v) is 6.95. The second kappa shape index (κ2) is 13.3. The SMILES string of the molecule is CC(C)OC(=O)[C@H](C)NP(=O)(CSc1ccccc1)OC[C@H]1O[C@@H](n2ccc(=O)[nH]c2=O)C(N=[N+]=[N-])[C@@H]1O. The van der Waals surface area contributed by atoms with Crippen LogP contribution in [0.5, 0.6) is 0 Å². The number of nitrogens with one attached hydrogen (secondary N) is 2. The van der Waals surface area contributed by atoms with Crippen LogP contribution in [0, 0.1) is 0 Å². The van der Waals surface area contributed by atoms with Gasteiger partial charge in [-0.15, -0.1) is 11.8 Å². The highest BCUT2D eigenvalue weighted by Gasteiger charge is 2.46. The maximum atomic E-state index is 13.8. The molecule has 1 fully saturated rings. The summed E-state index contributed by atoms with van der Waals surface area (Å²) in [4.78, 5) is 41.6. The molecule has 0 saturated carbocycles. The number of azide groups is 1. The molecule has 0 bridgehead atoms. The van der Waals surface area contributed by atoms with Gasteiger partial charge < -0.3 is 19.1 Å². The number of aromatic amines is 1. The maximum Gasteiger partial charge on any atom is 0.330 e. The van der Waals surface area contributed by atoms with Gasteiger partial charge in [-0.2, -0.15) is 0 Å². The molecule has 0 spiro atoms. The summed E-state index contributed by atoms with van der Waals surface area (Å²) in [5, 5.41) is 17.1. The average molecular weight is 569 g/mol. The molecule has 14 nitrogen and oxygen atoms in total. The lowest BCUT2D eigenvalue weighted by molar-refractivity contribution is -0.149. The van der Waals surface area contributed by atoms with Gasteiger partial charge in [0.25, 0.3) is 13.1 Å². The molecule has 2 heterocycles. The van der Waals surface area contributed by atoms with Crippen LogP contribution in [0.25, 0.3) is 10.4 Å². The Kier molecular flexibility index (Phi) is 10.3. The van der Waals surface area contributed by atoms with Gasteiger partial charge in [0.2, 0.25) is 0 Å². The number of hydrogen-bond donors (Lipinski definition) is 3. The summed E-state index contributed by atoms with van der Waals surface area (Å²) in [5.74, 6) is -0.619. The Balaban J connectivity index is 1.79. The van der Waals surface area contributed by atoms with Crippen LogP contribution >= 0.6 is 19.3 Å². The van der Waals surface area contributed by atoms with E-state index in [9.17, 15) is 24.1 Å². The second-order valence-corrected chi connectivity index (χ2v) is 12.3. The zero-order valence-electron chi connectivity index (χ0n) is 20.9. The number of carbonyl (C=O) groups excluding carboxylic acids is 1. The molecule has 38 heavy (non-hydrogen) atoms. The number of benzene rings is 1. The largest absolute Gasteiger partial charge is 0.462 e. The van der Waals surface area contributed by atoms with Gasteiger partial charge >= 0.3 is 11.7 Å². The fourth-order valence-electron chi connectivity index (χ4n) is 3.57. The predicted octanol–water partition coefficient (Wildman–Crippen LogP) is 2.36. The normalized spacial score (nSPS) is 23.4. The first-order valence-corrected chi connectivity index (χ1v) is 14.4. The minimum Gasteiger partial charge on any atom is -0.462 e. The van der Waals surface area contributed by atoms with E-state index in [1.807, 2.05) is 30.3 Å². The number of esters is 1. The number of ether oxygens (including phenoxy) is 2. The average Bonchev–Trinajstić information content (AvgIpc) is 3.17. The van der Waals surface area contributed by atoms with Gasteiger partial charge in [0.1, 0.15) is 24.4 Å². The summed E-state index contributed by atoms with van der Waals surface area (Å²) < 4.78 is 31.5. The molecule has 2 unspecified atom stereocenters. The Bertz CT molecular complexity index is 1310. The molecule has 2 aromatic rings. The summed E-state index contributed by atoms with van der Waals surface area (Å²) >= 11 is 1.24. The molecule has 0 amide bonds. The van der Waals surface area contributed by atoms with E-state index in [1.54, 1.807) is 13.8 Å². The highest BCUT2D eigenvalue weighted by Crippen LogP contribution is 2.48. The third-order valence-electron chi connectivity index (χ3n) is 5.33. The molecule has 16 heteroatoms. The number of hydrogen-bond acceptors (Lipinski definition) is 10. The summed E-state index contributed by atoms with van der Waals surface area (Å²) in [6, 6.07) is 7.98. The molecular formula is C22H29N6O8PS. The smallest absolute Gasteiger partial charge is 0.330 e. The Morgan fingerprint density at radius 3 is 2.66 bits per heavy atom. The highest BCUT2D eigenvalue weighted by molar-refractivity contribution is 8.04. The molecule has 0 radical (unpaired) electrons. The lowest BCUT2D eigenvalue weighted by Crippen LogP contribution is -2.37. The maximum absolute atomic E-state index is 13.8. The number of aromatic nitrogens is 2. The van der Waals surface area contributed by atoms with E-state index < -0.39 is 61.9 Å². The van der Waals surface area contributed by atoms with E-state index in [0.29, 0.717) is 0 Å². The van der Waals surface area contributed by atoms with Crippen molar-refractivity contribution in [2.75, 3.05) is 12.1 Å². The van der Waals surface area contributed by atoms with Crippen molar-refractivity contribution in [2.45, 2.75) is 62.3 Å². The molecule has 206 valence electrons. The molecule has 6 atom stereocenters. The summed E-state index contributed by atoms with van der Waals surface area (Å²) in [6.45, 7) is 4.44. The fraction of sp³-hybridized carbons (Fsp3) is 0.500. The summed E-state index contributed by atoms with van der Waals surface area (Å²) in [5.41, 5.74) is 7.43. The lowest BCUT2D eigenvalue weighted by Gasteiger charge is -2.25. The topological polar surface area (TPSA) is 198 Å². The number of aliphatic hydroxyl groups is 1. The summed E-state index contributed by atoms with van der Waals surface area (Å²) in [6.07, 6.45) is -3.09. The van der Waals surface area contributed by atoms with Crippen LogP contribution in [0.4, 0.5) is 0 Å². The van der Waals surface area contributed by atoms with Gasteiger partial charge in [-0.3, -0.25) is 23.7 Å². The Labute approximate surface area is 221 Å². The van der Waals surface area contributed by atoms with Crippen LogP contribution in [-0.2, 0) is 23.4 Å². The standard InChI is InChI=1S/C22H29N6O8PS/c1-13(2)35-21(31)14(3)26-37(33,12-38-15-7-5-4-6-8-15)34-11-16-19(30)18(25-27-23)20(36-16)28-10-9-17(29)24-22(28)32/h4-10,13-14,16,18-20,30H,11-12H2,1-3H3,(H,26,33)(H,24,29,32)/t14-,16+,18?,19+,20+,37?/m0/s1. The molecule has 3 N–H and O–H groups in total. The van der Waals surface area contributed by atoms with Gasteiger partial charge in [0.05, 0.1) is 24.3 Å². The Morgan fingerprint density at radius 2 is 2.03 bits per heavy atom. The first kappa shape index (κ1) is 29.7. The minimum atomic E-state index is -3.76. The molecule has 1 aliphatic heterocycles. The highest BCUT2D eigenvalue weighted by atomic mass is 32.2. The van der Waals surface area contributed by atoms with Gasteiger partial charge in [-0.05, 0) is 38.4 Å². The first-order chi connectivity index (χ1) is 18.0. The predicted molar refractivity (Wildman–Crippen MR) is 139 cm³/mol. The molecule has 0 aliphatic carbocycles. The Hall–Kier alpha value is -2.90. The van der Waals surface area contributed by atoms with E-state index in [4.69, 9.17) is 19.5 Å². The van der Waals surface area contributed by atoms with Crippen molar-refractivity contribution in [2.24, 2.45) is 5.11 Å². The molecular weight excluding hydrogens is 539 g/mol. The van der Waals surface area contributed by atoms with Crippen LogP contribution in [-0.4, -0.2) is 63.1 Å². The van der Waals surface area contributed by atoms with Crippen LogP contribution < -0.4 is 16.3 Å². The van der Waals surface area contributed by atoms with Crippen molar-refractivity contribution in [1.29, 1.82) is 0 Å². The van der Waals surface area contributed by atoms with Crippen molar-refractivity contribution >= 4 is 25.3 Å². The zero-order valence-corrected chi connectivity index (χ0v) is 22.6. The van der Waals surface area contributed by atoms with Crippen molar-refractivity contribution in [3.63, 3.8) is 0 Å². The van der Waals surface area contributed by atoms with Crippen molar-refractivity contribution in [3.8, 4) is 0 Å². The van der Waals surface area contributed by atoms with Crippen molar-refractivity contribution in [3.05, 3.63) is 73.9 Å². The molecule has 1 aromatic carbocycles. The number of carbonyl (C=O) groups is 1. The Morgan fingerprint density at radius 1 is 1.32 bits per heavy atom. The quantitative estimate of drug-likeness (QED) is 0.0853. The third kappa shape index (κ3) is 7.81. The van der Waals surface area contributed by atoms with E-state index in [2.05, 4.69) is 20.1 Å². The minimum absolute atomic E-state index is 0.0677. The van der Waals surface area contributed by atoms with Crippen LogP contribution in [0.3, 0.4) is 0 Å². The third-order valence-corrected chi connectivity index (χ3v) is 9.16. The molecule has 3 rings (SSSR count). The van der Waals surface area contributed by atoms with E-state index >= 15 is 0 Å². The summed E-state index contributed by atoms with van der Waals surface area (Å²) in [7, 11) is -3.76. The van der Waals surface area contributed by atoms with E-state index in [-0.39, 0.29) is 11.6 Å².